The first-order chi connectivity index (χ1) is 9.78. The van der Waals surface area contributed by atoms with Gasteiger partial charge in [-0.1, -0.05) is 24.3 Å². The second-order valence-corrected chi connectivity index (χ2v) is 6.51. The maximum absolute atomic E-state index is 11.3. The first kappa shape index (κ1) is 15.3. The number of allylic oxidation sites excluding steroid dienone is 1. The molecule has 4 N–H and O–H groups in total. The summed E-state index contributed by atoms with van der Waals surface area (Å²) >= 11 is 0.718. The molecule has 0 saturated carbocycles. The number of aliphatic carboxylic acids is 1. The molecule has 0 bridgehead atoms. The molecule has 21 heavy (non-hydrogen) atoms. The van der Waals surface area contributed by atoms with Crippen LogP contribution in [0.25, 0.3) is 0 Å². The number of carboxylic acids is 1. The van der Waals surface area contributed by atoms with Crippen LogP contribution in [-0.2, 0) is 11.2 Å². The van der Waals surface area contributed by atoms with Crippen molar-refractivity contribution < 1.29 is 9.90 Å². The van der Waals surface area contributed by atoms with Gasteiger partial charge in [-0.05, 0) is 43.7 Å². The van der Waals surface area contributed by atoms with Gasteiger partial charge in [0.1, 0.15) is 4.91 Å². The number of carboxylic acid groups (broad SMARTS) is 1. The number of hydrogen-bond donors (Lipinski definition) is 3. The second kappa shape index (κ2) is 5.73. The van der Waals surface area contributed by atoms with Gasteiger partial charge >= 0.3 is 5.97 Å². The fourth-order valence-corrected chi connectivity index (χ4v) is 2.80. The standard InChI is InChI=1S/C15H17N3O2S/c1-15(2)8-9-5-3-4-6-10(9)11(18-15)7-12(13(19)20)21-14(16)17/h3-7H,8H2,1-2H3,(H3,16,17)(H,19,20)/b12-7+. The number of nitrogens with one attached hydrogen (secondary N) is 1. The van der Waals surface area contributed by atoms with E-state index in [1.807, 2.05) is 38.1 Å². The van der Waals surface area contributed by atoms with Crippen LogP contribution in [0, 0.1) is 5.41 Å². The molecular formula is C15H17N3O2S. The van der Waals surface area contributed by atoms with Crippen LogP contribution in [-0.4, -0.2) is 27.5 Å². The topological polar surface area (TPSA) is 99.5 Å². The summed E-state index contributed by atoms with van der Waals surface area (Å²) in [6, 6.07) is 7.82. The number of carbonyl (C=O) groups is 1. The van der Waals surface area contributed by atoms with E-state index < -0.39 is 5.97 Å². The van der Waals surface area contributed by atoms with E-state index in [4.69, 9.17) is 11.1 Å². The van der Waals surface area contributed by atoms with Gasteiger partial charge in [0.05, 0.1) is 11.3 Å². The van der Waals surface area contributed by atoms with Crippen LogP contribution in [0.5, 0.6) is 0 Å². The molecule has 5 nitrogen and oxygen atoms in total. The third kappa shape index (κ3) is 3.72. The minimum Gasteiger partial charge on any atom is -0.477 e. The minimum absolute atomic E-state index is 0.00578. The van der Waals surface area contributed by atoms with Crippen LogP contribution in [0.3, 0.4) is 0 Å². The van der Waals surface area contributed by atoms with Crippen molar-refractivity contribution in [2.45, 2.75) is 25.8 Å². The third-order valence-electron chi connectivity index (χ3n) is 3.04. The van der Waals surface area contributed by atoms with Crippen LogP contribution in [0.2, 0.25) is 0 Å². The van der Waals surface area contributed by atoms with Crippen molar-refractivity contribution in [2.75, 3.05) is 0 Å². The Kier molecular flexibility index (Phi) is 4.18. The van der Waals surface area contributed by atoms with Gasteiger partial charge < -0.3 is 10.8 Å². The number of benzene rings is 1. The Bertz CT molecular complexity index is 663. The third-order valence-corrected chi connectivity index (χ3v) is 3.77. The highest BCUT2D eigenvalue weighted by molar-refractivity contribution is 8.17. The van der Waals surface area contributed by atoms with Crippen molar-refractivity contribution in [1.29, 1.82) is 5.41 Å². The molecule has 0 spiro atoms. The SMILES string of the molecule is CC1(C)Cc2ccccc2C(/C=C(/SC(=N)N)C(=O)O)=N1. The van der Waals surface area contributed by atoms with Gasteiger partial charge in [-0.3, -0.25) is 10.4 Å². The van der Waals surface area contributed by atoms with Crippen molar-refractivity contribution >= 4 is 28.6 Å². The predicted molar refractivity (Wildman–Crippen MR) is 86.0 cm³/mol. The van der Waals surface area contributed by atoms with E-state index in [9.17, 15) is 9.90 Å². The molecule has 0 radical (unpaired) electrons. The molecule has 1 aromatic rings. The van der Waals surface area contributed by atoms with Gasteiger partial charge in [-0.25, -0.2) is 4.79 Å². The van der Waals surface area contributed by atoms with Crippen LogP contribution >= 0.6 is 11.8 Å². The molecule has 0 aliphatic carbocycles. The van der Waals surface area contributed by atoms with Crippen molar-refractivity contribution in [1.82, 2.24) is 0 Å². The fraction of sp³-hybridized carbons (Fsp3) is 0.267. The van der Waals surface area contributed by atoms with Crippen molar-refractivity contribution in [3.63, 3.8) is 0 Å². The summed E-state index contributed by atoms with van der Waals surface area (Å²) in [5.74, 6) is -1.11. The number of rotatable bonds is 3. The summed E-state index contributed by atoms with van der Waals surface area (Å²) in [5, 5.41) is 16.2. The Morgan fingerprint density at radius 2 is 2.14 bits per heavy atom. The van der Waals surface area contributed by atoms with Crippen molar-refractivity contribution in [3.05, 3.63) is 46.4 Å². The summed E-state index contributed by atoms with van der Waals surface area (Å²) in [6.07, 6.45) is 2.30. The van der Waals surface area contributed by atoms with Gasteiger partial charge in [0.25, 0.3) is 0 Å². The molecule has 0 aromatic heterocycles. The van der Waals surface area contributed by atoms with E-state index >= 15 is 0 Å². The molecule has 110 valence electrons. The molecule has 1 aliphatic heterocycles. The smallest absolute Gasteiger partial charge is 0.342 e. The lowest BCUT2D eigenvalue weighted by Gasteiger charge is -2.28. The van der Waals surface area contributed by atoms with E-state index in [1.54, 1.807) is 0 Å². The lowest BCUT2D eigenvalue weighted by Crippen LogP contribution is -2.28. The number of nitrogens with two attached hydrogens (primary N) is 1. The molecular weight excluding hydrogens is 286 g/mol. The number of fused-ring (bicyclic) bond motifs is 1. The van der Waals surface area contributed by atoms with Gasteiger partial charge in [-0.2, -0.15) is 0 Å². The molecule has 1 aromatic carbocycles. The highest BCUT2D eigenvalue weighted by Gasteiger charge is 2.26. The van der Waals surface area contributed by atoms with Crippen molar-refractivity contribution in [2.24, 2.45) is 10.7 Å². The Labute approximate surface area is 127 Å². The van der Waals surface area contributed by atoms with Crippen molar-refractivity contribution in [3.8, 4) is 0 Å². The van der Waals surface area contributed by atoms with Crippen LogP contribution in [0.4, 0.5) is 0 Å². The monoisotopic (exact) mass is 303 g/mol. The molecule has 0 unspecified atom stereocenters. The molecule has 0 fully saturated rings. The van der Waals surface area contributed by atoms with Gasteiger partial charge in [0.15, 0.2) is 5.17 Å². The average molecular weight is 303 g/mol. The van der Waals surface area contributed by atoms with Crippen LogP contribution in [0.1, 0.15) is 25.0 Å². The van der Waals surface area contributed by atoms with E-state index in [2.05, 4.69) is 4.99 Å². The predicted octanol–water partition coefficient (Wildman–Crippen LogP) is 2.41. The fourth-order valence-electron chi connectivity index (χ4n) is 2.30. The number of amidine groups is 1. The molecule has 1 aliphatic rings. The zero-order valence-electron chi connectivity index (χ0n) is 11.9. The highest BCUT2D eigenvalue weighted by atomic mass is 32.2. The average Bonchev–Trinajstić information content (AvgIpc) is 2.35. The Morgan fingerprint density at radius 3 is 2.76 bits per heavy atom. The minimum atomic E-state index is -1.11. The summed E-state index contributed by atoms with van der Waals surface area (Å²) in [4.78, 5) is 15.9. The van der Waals surface area contributed by atoms with Gasteiger partial charge in [-0.15, -0.1) is 0 Å². The molecule has 1 heterocycles. The lowest BCUT2D eigenvalue weighted by molar-refractivity contribution is -0.131. The zero-order chi connectivity index (χ0) is 15.6. The summed E-state index contributed by atoms with van der Waals surface area (Å²) < 4.78 is 0. The first-order valence-corrected chi connectivity index (χ1v) is 7.25. The van der Waals surface area contributed by atoms with Crippen LogP contribution in [0.15, 0.2) is 40.2 Å². The van der Waals surface area contributed by atoms with Crippen LogP contribution < -0.4 is 5.73 Å². The Hall–Kier alpha value is -2.08. The number of aliphatic imine (C=N–C) groups is 1. The van der Waals surface area contributed by atoms with Gasteiger partial charge in [0.2, 0.25) is 0 Å². The molecule has 0 saturated heterocycles. The normalized spacial score (nSPS) is 16.9. The number of nitrogens with zero attached hydrogens (tertiary/aromatic N) is 1. The summed E-state index contributed by atoms with van der Waals surface area (Å²) in [5.41, 5.74) is 7.69. The number of hydrogen-bond acceptors (Lipinski definition) is 4. The molecule has 0 atom stereocenters. The quantitative estimate of drug-likeness (QED) is 0.453. The number of thioether (sulfide) groups is 1. The zero-order valence-corrected chi connectivity index (χ0v) is 12.7. The maximum atomic E-state index is 11.3. The Morgan fingerprint density at radius 1 is 1.48 bits per heavy atom. The molecule has 6 heteroatoms. The Balaban J connectivity index is 2.51. The largest absolute Gasteiger partial charge is 0.477 e. The van der Waals surface area contributed by atoms with E-state index in [0.717, 1.165) is 29.3 Å². The highest BCUT2D eigenvalue weighted by Crippen LogP contribution is 2.28. The second-order valence-electron chi connectivity index (χ2n) is 5.42. The van der Waals surface area contributed by atoms with E-state index in [0.29, 0.717) is 5.71 Å². The summed E-state index contributed by atoms with van der Waals surface area (Å²) in [7, 11) is 0. The summed E-state index contributed by atoms with van der Waals surface area (Å²) in [6.45, 7) is 4.02. The molecule has 0 amide bonds. The van der Waals surface area contributed by atoms with E-state index in [1.165, 1.54) is 6.08 Å². The first-order valence-electron chi connectivity index (χ1n) is 6.43. The van der Waals surface area contributed by atoms with E-state index in [-0.39, 0.29) is 15.6 Å². The molecule has 2 rings (SSSR count). The maximum Gasteiger partial charge on any atom is 0.342 e. The van der Waals surface area contributed by atoms with Gasteiger partial charge in [0, 0.05) is 5.56 Å². The lowest BCUT2D eigenvalue weighted by atomic mass is 9.87.